The summed E-state index contributed by atoms with van der Waals surface area (Å²) in [7, 11) is 1.63. The lowest BCUT2D eigenvalue weighted by Crippen LogP contribution is -2.35. The first-order valence-corrected chi connectivity index (χ1v) is 11.9. The number of amides is 3. The number of fused-ring (bicyclic) bond motifs is 2. The van der Waals surface area contributed by atoms with Gasteiger partial charge in [0.1, 0.15) is 5.75 Å². The topological polar surface area (TPSA) is 91.5 Å². The fourth-order valence-corrected chi connectivity index (χ4v) is 4.75. The zero-order chi connectivity index (χ0) is 25.2. The maximum Gasteiger partial charge on any atom is 0.261 e. The summed E-state index contributed by atoms with van der Waals surface area (Å²) in [4.78, 5) is 42.7. The number of rotatable bonds is 8. The zero-order valence-electron chi connectivity index (χ0n) is 20.2. The second-order valence-corrected chi connectivity index (χ2v) is 8.98. The molecule has 2 N–H and O–H groups in total. The van der Waals surface area contributed by atoms with Crippen LogP contribution in [0.1, 0.15) is 49.7 Å². The highest BCUT2D eigenvalue weighted by molar-refractivity contribution is 6.21. The first-order valence-electron chi connectivity index (χ1n) is 11.9. The molecule has 0 saturated heterocycles. The molecule has 1 aromatic heterocycles. The molecule has 1 aliphatic heterocycles. The fourth-order valence-electron chi connectivity index (χ4n) is 4.75. The van der Waals surface area contributed by atoms with Gasteiger partial charge in [-0.3, -0.25) is 19.3 Å². The van der Waals surface area contributed by atoms with Crippen molar-refractivity contribution >= 4 is 28.6 Å². The number of imide groups is 1. The highest BCUT2D eigenvalue weighted by Crippen LogP contribution is 2.31. The van der Waals surface area contributed by atoms with E-state index in [1.54, 1.807) is 19.2 Å². The minimum absolute atomic E-state index is 0.0354. The summed E-state index contributed by atoms with van der Waals surface area (Å²) in [6.07, 6.45) is 2.01. The third-order valence-corrected chi connectivity index (χ3v) is 6.71. The lowest BCUT2D eigenvalue weighted by molar-refractivity contribution is -0.121. The third kappa shape index (κ3) is 4.35. The van der Waals surface area contributed by atoms with Crippen molar-refractivity contribution in [2.24, 2.45) is 0 Å². The van der Waals surface area contributed by atoms with Gasteiger partial charge < -0.3 is 15.0 Å². The van der Waals surface area contributed by atoms with Gasteiger partial charge in [0.15, 0.2) is 0 Å². The van der Waals surface area contributed by atoms with Crippen LogP contribution in [0.3, 0.4) is 0 Å². The predicted octanol–water partition coefficient (Wildman–Crippen LogP) is 4.42. The molecule has 0 spiro atoms. The van der Waals surface area contributed by atoms with Gasteiger partial charge in [0, 0.05) is 42.5 Å². The molecule has 7 heteroatoms. The van der Waals surface area contributed by atoms with E-state index >= 15 is 0 Å². The maximum atomic E-state index is 12.8. The van der Waals surface area contributed by atoms with Gasteiger partial charge in [0.25, 0.3) is 11.8 Å². The van der Waals surface area contributed by atoms with Crippen molar-refractivity contribution in [1.82, 2.24) is 15.2 Å². The van der Waals surface area contributed by atoms with Crippen LogP contribution in [-0.2, 0) is 4.79 Å². The Bertz CT molecular complexity index is 1460. The van der Waals surface area contributed by atoms with Crippen LogP contribution < -0.4 is 10.1 Å². The first kappa shape index (κ1) is 23.4. The molecule has 0 aliphatic carbocycles. The molecular formula is C29H27N3O4. The average molecular weight is 482 g/mol. The third-order valence-electron chi connectivity index (χ3n) is 6.71. The molecule has 4 aromatic rings. The van der Waals surface area contributed by atoms with Crippen molar-refractivity contribution in [2.75, 3.05) is 20.2 Å². The summed E-state index contributed by atoms with van der Waals surface area (Å²) in [5.74, 6) is -0.255. The normalized spacial score (nSPS) is 13.7. The Hall–Kier alpha value is -4.39. The van der Waals surface area contributed by atoms with Crippen LogP contribution in [0.5, 0.6) is 5.75 Å². The second kappa shape index (κ2) is 9.70. The number of hydrogen-bond donors (Lipinski definition) is 2. The molecule has 3 aromatic carbocycles. The van der Waals surface area contributed by atoms with E-state index < -0.39 is 0 Å². The smallest absolute Gasteiger partial charge is 0.261 e. The Kier molecular flexibility index (Phi) is 6.29. The Morgan fingerprint density at radius 2 is 1.75 bits per heavy atom. The van der Waals surface area contributed by atoms with Crippen LogP contribution in [0.2, 0.25) is 0 Å². The van der Waals surface area contributed by atoms with E-state index in [2.05, 4.69) is 16.4 Å². The van der Waals surface area contributed by atoms with E-state index in [0.717, 1.165) is 38.2 Å². The molecule has 1 aliphatic rings. The van der Waals surface area contributed by atoms with Crippen LogP contribution in [0.15, 0.2) is 72.9 Å². The van der Waals surface area contributed by atoms with Crippen LogP contribution in [0.4, 0.5) is 0 Å². The van der Waals surface area contributed by atoms with Gasteiger partial charge in [0.2, 0.25) is 5.91 Å². The van der Waals surface area contributed by atoms with Gasteiger partial charge in [0.05, 0.1) is 18.2 Å². The Labute approximate surface area is 209 Å². The molecule has 0 saturated carbocycles. The molecule has 182 valence electrons. The Morgan fingerprint density at radius 3 is 2.53 bits per heavy atom. The molecule has 1 atom stereocenters. The molecule has 2 heterocycles. The fraction of sp³-hybridized carbons (Fsp3) is 0.207. The molecule has 36 heavy (non-hydrogen) atoms. The van der Waals surface area contributed by atoms with Crippen LogP contribution >= 0.6 is 0 Å². The van der Waals surface area contributed by atoms with E-state index in [9.17, 15) is 14.4 Å². The minimum Gasteiger partial charge on any atom is -0.497 e. The van der Waals surface area contributed by atoms with E-state index in [0.29, 0.717) is 17.7 Å². The van der Waals surface area contributed by atoms with E-state index in [1.807, 2.05) is 61.7 Å². The Morgan fingerprint density at radius 1 is 1.00 bits per heavy atom. The molecule has 5 rings (SSSR count). The number of para-hydroxylation sites is 1. The summed E-state index contributed by atoms with van der Waals surface area (Å²) in [5.41, 5.74) is 4.85. The van der Waals surface area contributed by atoms with Crippen LogP contribution in [-0.4, -0.2) is 47.8 Å². The van der Waals surface area contributed by atoms with Crippen molar-refractivity contribution in [2.45, 2.75) is 19.3 Å². The van der Waals surface area contributed by atoms with Crippen LogP contribution in [0, 0.1) is 6.92 Å². The largest absolute Gasteiger partial charge is 0.497 e. The van der Waals surface area contributed by atoms with Crippen molar-refractivity contribution < 1.29 is 19.1 Å². The van der Waals surface area contributed by atoms with Crippen molar-refractivity contribution in [3.8, 4) is 5.75 Å². The Balaban J connectivity index is 1.29. The number of benzene rings is 3. The van der Waals surface area contributed by atoms with E-state index in [4.69, 9.17) is 4.74 Å². The second-order valence-electron chi connectivity index (χ2n) is 8.98. The summed E-state index contributed by atoms with van der Waals surface area (Å²) >= 11 is 0. The summed E-state index contributed by atoms with van der Waals surface area (Å²) in [6.45, 7) is 2.28. The van der Waals surface area contributed by atoms with Gasteiger partial charge in [-0.05, 0) is 48.4 Å². The van der Waals surface area contributed by atoms with Gasteiger partial charge >= 0.3 is 0 Å². The molecular weight excluding hydrogens is 454 g/mol. The molecule has 0 radical (unpaired) electrons. The minimum atomic E-state index is -0.349. The molecule has 0 bridgehead atoms. The van der Waals surface area contributed by atoms with E-state index in [1.165, 1.54) is 0 Å². The zero-order valence-corrected chi connectivity index (χ0v) is 20.2. The van der Waals surface area contributed by atoms with Crippen molar-refractivity contribution in [1.29, 1.82) is 0 Å². The monoisotopic (exact) mass is 481 g/mol. The number of ether oxygens (including phenoxy) is 1. The number of nitrogens with zero attached hydrogens (tertiary/aromatic N) is 1. The first-order chi connectivity index (χ1) is 17.5. The van der Waals surface area contributed by atoms with Gasteiger partial charge in [-0.15, -0.1) is 0 Å². The number of nitrogens with one attached hydrogen (secondary N) is 2. The highest BCUT2D eigenvalue weighted by atomic mass is 16.5. The van der Waals surface area contributed by atoms with Crippen molar-refractivity contribution in [3.05, 3.63) is 101 Å². The predicted molar refractivity (Wildman–Crippen MR) is 137 cm³/mol. The van der Waals surface area contributed by atoms with Crippen LogP contribution in [0.25, 0.3) is 10.9 Å². The number of carbonyl (C=O) groups excluding carboxylic acids is 3. The standard InChI is InChI=1S/C29H27N3O4/c1-18-7-12-22-23(15-18)29(35)32(28(22)34)14-13-27(33)31-16-24(19-8-10-20(36-2)11-9-19)25-17-30-26-6-4-3-5-21(25)26/h3-12,15,17,24,30H,13-14,16H2,1-2H3,(H,31,33). The summed E-state index contributed by atoms with van der Waals surface area (Å²) < 4.78 is 5.30. The number of aromatic amines is 1. The molecule has 1 unspecified atom stereocenters. The number of methoxy groups -OCH3 is 1. The average Bonchev–Trinajstić information content (AvgIpc) is 3.42. The molecule has 7 nitrogen and oxygen atoms in total. The maximum absolute atomic E-state index is 12.8. The quantitative estimate of drug-likeness (QED) is 0.365. The SMILES string of the molecule is COc1ccc(C(CNC(=O)CCN2C(=O)c3ccc(C)cc3C2=O)c2c[nH]c3ccccc23)cc1. The number of H-pyrrole nitrogens is 1. The number of aryl methyl sites for hydroxylation is 1. The lowest BCUT2D eigenvalue weighted by Gasteiger charge is -2.19. The number of hydrogen-bond acceptors (Lipinski definition) is 4. The molecule has 3 amide bonds. The molecule has 0 fully saturated rings. The lowest BCUT2D eigenvalue weighted by atomic mass is 9.90. The van der Waals surface area contributed by atoms with Gasteiger partial charge in [-0.25, -0.2) is 0 Å². The van der Waals surface area contributed by atoms with Gasteiger partial charge in [-0.2, -0.15) is 0 Å². The summed E-state index contributed by atoms with van der Waals surface area (Å²) in [5, 5.41) is 4.10. The summed E-state index contributed by atoms with van der Waals surface area (Å²) in [6, 6.07) is 21.1. The number of aromatic nitrogens is 1. The number of carbonyl (C=O) groups is 3. The van der Waals surface area contributed by atoms with Crippen molar-refractivity contribution in [3.63, 3.8) is 0 Å². The van der Waals surface area contributed by atoms with Gasteiger partial charge in [-0.1, -0.05) is 42.0 Å². The van der Waals surface area contributed by atoms with E-state index in [-0.39, 0.29) is 36.6 Å². The highest BCUT2D eigenvalue weighted by Gasteiger charge is 2.35.